The molecule has 0 saturated carbocycles. The highest BCUT2D eigenvalue weighted by Crippen LogP contribution is 2.14. The molecule has 0 fully saturated rings. The maximum Gasteiger partial charge on any atom is 0.128 e. The summed E-state index contributed by atoms with van der Waals surface area (Å²) < 4.78 is 0.825. The number of anilines is 2. The Morgan fingerprint density at radius 3 is 2.16 bits per heavy atom. The Labute approximate surface area is 119 Å². The predicted molar refractivity (Wildman–Crippen MR) is 76.8 cm³/mol. The highest BCUT2D eigenvalue weighted by Gasteiger charge is 1.97. The Kier molecular flexibility index (Phi) is 6.20. The first kappa shape index (κ1) is 15.4. The number of nitrogens with zero attached hydrogens (tertiary/aromatic N) is 2. The van der Waals surface area contributed by atoms with Crippen molar-refractivity contribution in [1.29, 1.82) is 0 Å². The highest BCUT2D eigenvalue weighted by atomic mass is 79.9. The largest absolute Gasteiger partial charge is 0.392 e. The van der Waals surface area contributed by atoms with Gasteiger partial charge in [0.05, 0.1) is 13.2 Å². The van der Waals surface area contributed by atoms with Gasteiger partial charge in [0.15, 0.2) is 0 Å². The number of aliphatic hydroxyl groups is 2. The molecule has 2 heterocycles. The zero-order valence-corrected chi connectivity index (χ0v) is 11.7. The van der Waals surface area contributed by atoms with Crippen LogP contribution in [0.25, 0.3) is 0 Å². The molecule has 0 radical (unpaired) electrons. The summed E-state index contributed by atoms with van der Waals surface area (Å²) in [5.41, 5.74) is 12.1. The second-order valence-electron chi connectivity index (χ2n) is 3.56. The molecule has 0 saturated heterocycles. The predicted octanol–water partition coefficient (Wildman–Crippen LogP) is 1.07. The van der Waals surface area contributed by atoms with Crippen molar-refractivity contribution in [3.63, 3.8) is 0 Å². The van der Waals surface area contributed by atoms with Crippen LogP contribution in [0.4, 0.5) is 11.6 Å². The van der Waals surface area contributed by atoms with Gasteiger partial charge in [-0.15, -0.1) is 0 Å². The molecule has 0 aliphatic heterocycles. The number of hydrogen-bond acceptors (Lipinski definition) is 6. The molecule has 0 aliphatic rings. The average Bonchev–Trinajstić information content (AvgIpc) is 2.43. The Bertz CT molecular complexity index is 537. The number of nitrogens with two attached hydrogens (primary N) is 2. The molecule has 6 nitrogen and oxygen atoms in total. The number of nitrogen functional groups attached to an aromatic ring is 2. The number of pyridine rings is 2. The molecule has 2 rings (SSSR count). The molecule has 2 aromatic rings. The fourth-order valence-electron chi connectivity index (χ4n) is 1.20. The third-order valence-corrected chi connectivity index (χ3v) is 2.67. The first-order valence-electron chi connectivity index (χ1n) is 5.39. The van der Waals surface area contributed by atoms with Crippen LogP contribution < -0.4 is 11.5 Å². The van der Waals surface area contributed by atoms with Crippen molar-refractivity contribution in [1.82, 2.24) is 9.97 Å². The maximum absolute atomic E-state index is 8.70. The average molecular weight is 327 g/mol. The quantitative estimate of drug-likeness (QED) is 0.655. The molecular formula is C12H15BrN4O2. The van der Waals surface area contributed by atoms with Crippen molar-refractivity contribution in [3.05, 3.63) is 46.2 Å². The van der Waals surface area contributed by atoms with Crippen LogP contribution in [0.15, 0.2) is 35.1 Å². The number of aliphatic hydroxyl groups excluding tert-OH is 2. The van der Waals surface area contributed by atoms with Crippen molar-refractivity contribution in [2.75, 3.05) is 11.5 Å². The van der Waals surface area contributed by atoms with Crippen molar-refractivity contribution in [2.24, 2.45) is 0 Å². The molecule has 19 heavy (non-hydrogen) atoms. The molecule has 0 spiro atoms. The van der Waals surface area contributed by atoms with Gasteiger partial charge in [-0.05, 0) is 28.1 Å². The lowest BCUT2D eigenvalue weighted by molar-refractivity contribution is 0.282. The van der Waals surface area contributed by atoms with Crippen LogP contribution in [0.2, 0.25) is 0 Å². The fraction of sp³-hybridized carbons (Fsp3) is 0.167. The molecule has 0 bridgehead atoms. The molecule has 102 valence electrons. The van der Waals surface area contributed by atoms with Crippen LogP contribution in [0.1, 0.15) is 11.1 Å². The minimum absolute atomic E-state index is 0.0420. The summed E-state index contributed by atoms with van der Waals surface area (Å²) in [5, 5.41) is 17.3. The summed E-state index contributed by atoms with van der Waals surface area (Å²) in [5.74, 6) is 0.783. The maximum atomic E-state index is 8.70. The van der Waals surface area contributed by atoms with E-state index in [4.69, 9.17) is 21.7 Å². The van der Waals surface area contributed by atoms with Crippen molar-refractivity contribution in [3.8, 4) is 0 Å². The van der Waals surface area contributed by atoms with E-state index in [-0.39, 0.29) is 13.2 Å². The first-order chi connectivity index (χ1) is 9.08. The third kappa shape index (κ3) is 4.82. The van der Waals surface area contributed by atoms with Gasteiger partial charge in [-0.1, -0.05) is 6.07 Å². The lowest BCUT2D eigenvalue weighted by Crippen LogP contribution is -1.96. The van der Waals surface area contributed by atoms with Gasteiger partial charge in [0, 0.05) is 28.0 Å². The van der Waals surface area contributed by atoms with E-state index in [9.17, 15) is 0 Å². The zero-order chi connectivity index (χ0) is 14.3. The van der Waals surface area contributed by atoms with E-state index in [2.05, 4.69) is 25.9 Å². The van der Waals surface area contributed by atoms with Crippen LogP contribution >= 0.6 is 15.9 Å². The summed E-state index contributed by atoms with van der Waals surface area (Å²) in [7, 11) is 0. The van der Waals surface area contributed by atoms with Crippen LogP contribution in [0.3, 0.4) is 0 Å². The van der Waals surface area contributed by atoms with E-state index in [1.54, 1.807) is 30.6 Å². The number of hydrogen-bond donors (Lipinski definition) is 4. The molecule has 0 aliphatic carbocycles. The van der Waals surface area contributed by atoms with Crippen molar-refractivity contribution >= 4 is 27.6 Å². The lowest BCUT2D eigenvalue weighted by Gasteiger charge is -1.99. The smallest absolute Gasteiger partial charge is 0.128 e. The van der Waals surface area contributed by atoms with Crippen LogP contribution in [0, 0.1) is 0 Å². The van der Waals surface area contributed by atoms with E-state index in [0.717, 1.165) is 4.47 Å². The van der Waals surface area contributed by atoms with E-state index in [1.807, 2.05) is 0 Å². The van der Waals surface area contributed by atoms with E-state index in [0.29, 0.717) is 22.8 Å². The first-order valence-corrected chi connectivity index (χ1v) is 6.18. The molecule has 0 aromatic carbocycles. The molecule has 2 aromatic heterocycles. The Hall–Kier alpha value is -1.70. The standard InChI is InChI=1S/C6H7BrN2O.C6H8N2O/c7-5-1-4(3-10)6(8)9-2-5;7-6-5(4-9)2-1-3-8-6/h1-2,10H,3H2,(H2,8,9);1-3,9H,4H2,(H2,7,8). The van der Waals surface area contributed by atoms with Crippen LogP contribution in [-0.2, 0) is 13.2 Å². The molecule has 6 N–H and O–H groups in total. The summed E-state index contributed by atoms with van der Waals surface area (Å²) in [4.78, 5) is 7.59. The normalized spacial score (nSPS) is 9.63. The van der Waals surface area contributed by atoms with Crippen LogP contribution in [0.5, 0.6) is 0 Å². The molecule has 7 heteroatoms. The van der Waals surface area contributed by atoms with Gasteiger partial charge in [-0.2, -0.15) is 0 Å². The molecule has 0 amide bonds. The summed E-state index contributed by atoms with van der Waals surface area (Å²) in [6.45, 7) is -0.113. The van der Waals surface area contributed by atoms with E-state index < -0.39 is 0 Å². The minimum atomic E-state index is -0.0712. The van der Waals surface area contributed by atoms with Gasteiger partial charge in [0.2, 0.25) is 0 Å². The summed E-state index contributed by atoms with van der Waals surface area (Å²) in [6, 6.07) is 5.21. The van der Waals surface area contributed by atoms with Crippen LogP contribution in [-0.4, -0.2) is 20.2 Å². The Morgan fingerprint density at radius 1 is 1.05 bits per heavy atom. The summed E-state index contributed by atoms with van der Waals surface area (Å²) >= 11 is 3.21. The van der Waals surface area contributed by atoms with Gasteiger partial charge in [0.25, 0.3) is 0 Å². The van der Waals surface area contributed by atoms with Gasteiger partial charge < -0.3 is 21.7 Å². The highest BCUT2D eigenvalue weighted by molar-refractivity contribution is 9.10. The Balaban J connectivity index is 0.000000191. The number of aromatic nitrogens is 2. The lowest BCUT2D eigenvalue weighted by atomic mass is 10.3. The van der Waals surface area contributed by atoms with Gasteiger partial charge in [-0.25, -0.2) is 9.97 Å². The minimum Gasteiger partial charge on any atom is -0.392 e. The second-order valence-corrected chi connectivity index (χ2v) is 4.48. The number of rotatable bonds is 2. The van der Waals surface area contributed by atoms with E-state index >= 15 is 0 Å². The zero-order valence-electron chi connectivity index (χ0n) is 10.1. The van der Waals surface area contributed by atoms with Gasteiger partial charge in [0.1, 0.15) is 11.6 Å². The monoisotopic (exact) mass is 326 g/mol. The van der Waals surface area contributed by atoms with Gasteiger partial charge in [-0.3, -0.25) is 0 Å². The second kappa shape index (κ2) is 7.67. The summed E-state index contributed by atoms with van der Waals surface area (Å²) in [6.07, 6.45) is 3.18. The van der Waals surface area contributed by atoms with Crippen molar-refractivity contribution < 1.29 is 10.2 Å². The van der Waals surface area contributed by atoms with Crippen molar-refractivity contribution in [2.45, 2.75) is 13.2 Å². The molecule has 0 unspecified atom stereocenters. The fourth-order valence-corrected chi connectivity index (χ4v) is 1.58. The van der Waals surface area contributed by atoms with E-state index in [1.165, 1.54) is 0 Å². The molecule has 0 atom stereocenters. The van der Waals surface area contributed by atoms with Gasteiger partial charge >= 0.3 is 0 Å². The molecular weight excluding hydrogens is 312 g/mol. The number of halogens is 1. The Morgan fingerprint density at radius 2 is 1.68 bits per heavy atom. The topological polar surface area (TPSA) is 118 Å². The SMILES string of the molecule is Nc1ncc(Br)cc1CO.Nc1ncccc1CO. The third-order valence-electron chi connectivity index (χ3n) is 2.23.